The molecule has 2 saturated carbocycles. The first kappa shape index (κ1) is 22.6. The molecule has 1 N–H and O–H groups in total. The third-order valence-electron chi connectivity index (χ3n) is 9.77. The first-order chi connectivity index (χ1) is 16.5. The van der Waals surface area contributed by atoms with Crippen LogP contribution in [0.5, 0.6) is 0 Å². The van der Waals surface area contributed by atoms with Crippen LogP contribution in [0.1, 0.15) is 62.0 Å². The van der Waals surface area contributed by atoms with Crippen LogP contribution in [0.2, 0.25) is 0 Å². The molecule has 0 radical (unpaired) electrons. The number of carbonyl (C=O) groups is 1. The second kappa shape index (κ2) is 9.00. The van der Waals surface area contributed by atoms with Crippen molar-refractivity contribution in [3.63, 3.8) is 0 Å². The summed E-state index contributed by atoms with van der Waals surface area (Å²) < 4.78 is 20.5. The van der Waals surface area contributed by atoms with Crippen molar-refractivity contribution in [2.45, 2.75) is 68.9 Å². The summed E-state index contributed by atoms with van der Waals surface area (Å²) in [5.41, 5.74) is 1.23. The van der Waals surface area contributed by atoms with Gasteiger partial charge in [-0.15, -0.1) is 0 Å². The number of halogens is 1. The molecule has 6 fully saturated rings. The summed E-state index contributed by atoms with van der Waals surface area (Å²) >= 11 is 0. The lowest BCUT2D eigenvalue weighted by molar-refractivity contribution is -0.129. The van der Waals surface area contributed by atoms with Crippen LogP contribution in [0.15, 0.2) is 18.2 Å². The Labute approximate surface area is 202 Å². The minimum atomic E-state index is -0.476. The van der Waals surface area contributed by atoms with Gasteiger partial charge in [0.1, 0.15) is 5.82 Å². The van der Waals surface area contributed by atoms with Crippen LogP contribution >= 0.6 is 0 Å². The van der Waals surface area contributed by atoms with Crippen LogP contribution in [0.4, 0.5) is 4.39 Å². The summed E-state index contributed by atoms with van der Waals surface area (Å²) in [6, 6.07) is 8.55. The number of likely N-dealkylation sites (tertiary alicyclic amines) is 1. The molecule has 182 valence electrons. The summed E-state index contributed by atoms with van der Waals surface area (Å²) in [5, 5.41) is 13.2. The van der Waals surface area contributed by atoms with Crippen LogP contribution in [0.25, 0.3) is 0 Å². The highest BCUT2D eigenvalue weighted by molar-refractivity contribution is 5.89. The van der Waals surface area contributed by atoms with E-state index in [2.05, 4.69) is 22.4 Å². The number of benzene rings is 1. The summed E-state index contributed by atoms with van der Waals surface area (Å²) in [4.78, 5) is 15.7. The zero-order chi connectivity index (χ0) is 23.3. The molecule has 4 saturated heterocycles. The van der Waals surface area contributed by atoms with Crippen LogP contribution in [0, 0.1) is 40.8 Å². The molecule has 2 aliphatic carbocycles. The van der Waals surface area contributed by atoms with E-state index in [4.69, 9.17) is 4.74 Å². The molecule has 0 aromatic heterocycles. The molecule has 0 spiro atoms. The number of hydrogen-bond donors (Lipinski definition) is 1. The SMILES string of the molecule is N#C[C@@H](CC(=O)C12CCC(CC1)CN2)Cc1ccc(C2CC3CN(C4COC4)CC3C2)cc1F. The van der Waals surface area contributed by atoms with E-state index in [1.165, 1.54) is 0 Å². The zero-order valence-corrected chi connectivity index (χ0v) is 20.0. The van der Waals surface area contributed by atoms with E-state index < -0.39 is 11.5 Å². The van der Waals surface area contributed by atoms with Gasteiger partial charge in [0.05, 0.1) is 36.8 Å². The van der Waals surface area contributed by atoms with Gasteiger partial charge in [-0.2, -0.15) is 5.26 Å². The van der Waals surface area contributed by atoms with Crippen molar-refractivity contribution >= 4 is 5.78 Å². The van der Waals surface area contributed by atoms with Crippen molar-refractivity contribution in [1.29, 1.82) is 5.26 Å². The molecule has 2 bridgehead atoms. The normalized spacial score (nSPS) is 36.1. The summed E-state index contributed by atoms with van der Waals surface area (Å²) in [6.07, 6.45) is 6.76. The molecule has 1 aromatic carbocycles. The lowest BCUT2D eigenvalue weighted by atomic mass is 9.68. The average Bonchev–Trinajstić information content (AvgIpc) is 3.39. The number of nitrogens with zero attached hydrogens (tertiary/aromatic N) is 2. The number of rotatable bonds is 7. The predicted octanol–water partition coefficient (Wildman–Crippen LogP) is 3.82. The van der Waals surface area contributed by atoms with Crippen molar-refractivity contribution in [3.8, 4) is 6.07 Å². The van der Waals surface area contributed by atoms with Gasteiger partial charge in [-0.05, 0) is 92.4 Å². The van der Waals surface area contributed by atoms with Gasteiger partial charge < -0.3 is 10.1 Å². The highest BCUT2D eigenvalue weighted by Gasteiger charge is 2.46. The van der Waals surface area contributed by atoms with Crippen molar-refractivity contribution in [2.75, 3.05) is 32.8 Å². The molecule has 0 amide bonds. The number of fused-ring (bicyclic) bond motifs is 4. The number of ketones is 1. The molecular formula is C28H36FN3O2. The van der Waals surface area contributed by atoms with Crippen molar-refractivity contribution < 1.29 is 13.9 Å². The lowest BCUT2D eigenvalue weighted by Crippen LogP contribution is -2.60. The van der Waals surface area contributed by atoms with Crippen molar-refractivity contribution in [2.24, 2.45) is 23.7 Å². The summed E-state index contributed by atoms with van der Waals surface area (Å²) in [7, 11) is 0. The van der Waals surface area contributed by atoms with Crippen LogP contribution in [-0.4, -0.2) is 55.1 Å². The monoisotopic (exact) mass is 465 g/mol. The Kier molecular flexibility index (Phi) is 6.00. The Balaban J connectivity index is 1.06. The summed E-state index contributed by atoms with van der Waals surface area (Å²) in [6.45, 7) is 4.98. The van der Waals surface area contributed by atoms with Gasteiger partial charge in [0, 0.05) is 19.5 Å². The first-order valence-electron chi connectivity index (χ1n) is 13.3. The molecule has 3 atom stereocenters. The molecule has 34 heavy (non-hydrogen) atoms. The number of Topliss-reactive ketones (excluding diaryl/α,β-unsaturated/α-hetero) is 1. The van der Waals surface area contributed by atoms with Gasteiger partial charge in [-0.1, -0.05) is 12.1 Å². The highest BCUT2D eigenvalue weighted by atomic mass is 19.1. The minimum Gasteiger partial charge on any atom is -0.378 e. The quantitative estimate of drug-likeness (QED) is 0.663. The van der Waals surface area contributed by atoms with Crippen LogP contribution in [-0.2, 0) is 16.0 Å². The highest BCUT2D eigenvalue weighted by Crippen LogP contribution is 2.47. The largest absolute Gasteiger partial charge is 0.378 e. The maximum atomic E-state index is 15.1. The minimum absolute atomic E-state index is 0.147. The maximum Gasteiger partial charge on any atom is 0.154 e. The predicted molar refractivity (Wildman–Crippen MR) is 127 cm³/mol. The molecule has 7 rings (SSSR count). The molecule has 4 heterocycles. The van der Waals surface area contributed by atoms with E-state index in [1.807, 2.05) is 6.07 Å². The van der Waals surface area contributed by atoms with Gasteiger partial charge in [0.25, 0.3) is 0 Å². The first-order valence-corrected chi connectivity index (χ1v) is 13.3. The summed E-state index contributed by atoms with van der Waals surface area (Å²) in [5.74, 6) is 2.01. The van der Waals surface area contributed by atoms with E-state index in [1.54, 1.807) is 6.07 Å². The average molecular weight is 466 g/mol. The fourth-order valence-electron chi connectivity index (χ4n) is 7.44. The number of carbonyl (C=O) groups excluding carboxylic acids is 1. The fraction of sp³-hybridized carbons (Fsp3) is 0.714. The van der Waals surface area contributed by atoms with Gasteiger partial charge >= 0.3 is 0 Å². The molecule has 6 heteroatoms. The second-order valence-electron chi connectivity index (χ2n) is 11.7. The fourth-order valence-corrected chi connectivity index (χ4v) is 7.44. The van der Waals surface area contributed by atoms with Crippen molar-refractivity contribution in [1.82, 2.24) is 10.2 Å². The number of ether oxygens (including phenoxy) is 1. The van der Waals surface area contributed by atoms with E-state index in [-0.39, 0.29) is 18.0 Å². The molecule has 6 aliphatic rings. The Hall–Kier alpha value is -1.81. The standard InChI is InChI=1S/C28H36FN3O2/c29-26-11-20(22-9-23-14-32(15-24(23)10-22)25-16-34-17-25)1-2-21(26)7-19(12-30)8-27(33)28-5-3-18(4-6-28)13-31-28/h1-2,11,18-19,22-25,31H,3-10,13-17H2/t18?,19-,22?,23?,24?,28?/m1/s1. The number of nitriles is 1. The molecule has 2 unspecified atom stereocenters. The second-order valence-corrected chi connectivity index (χ2v) is 11.7. The van der Waals surface area contributed by atoms with E-state index in [9.17, 15) is 10.1 Å². The third kappa shape index (κ3) is 4.10. The Morgan fingerprint density at radius 1 is 1.24 bits per heavy atom. The molecule has 5 nitrogen and oxygen atoms in total. The Morgan fingerprint density at radius 3 is 2.53 bits per heavy atom. The molecule has 4 aliphatic heterocycles. The zero-order valence-electron chi connectivity index (χ0n) is 20.0. The number of piperidine rings is 2. The topological polar surface area (TPSA) is 65.4 Å². The molecule has 1 aromatic rings. The van der Waals surface area contributed by atoms with E-state index in [0.717, 1.165) is 76.9 Å². The Bertz CT molecular complexity index is 951. The van der Waals surface area contributed by atoms with Gasteiger partial charge in [0.15, 0.2) is 5.78 Å². The van der Waals surface area contributed by atoms with E-state index >= 15 is 4.39 Å². The van der Waals surface area contributed by atoms with Gasteiger partial charge in [0.2, 0.25) is 0 Å². The third-order valence-corrected chi connectivity index (χ3v) is 9.77. The van der Waals surface area contributed by atoms with Crippen molar-refractivity contribution in [3.05, 3.63) is 35.1 Å². The lowest BCUT2D eigenvalue weighted by Gasteiger charge is -2.46. The molecular weight excluding hydrogens is 429 g/mol. The maximum absolute atomic E-state index is 15.1. The Morgan fingerprint density at radius 2 is 1.97 bits per heavy atom. The van der Waals surface area contributed by atoms with E-state index in [0.29, 0.717) is 41.7 Å². The van der Waals surface area contributed by atoms with Crippen LogP contribution in [0.3, 0.4) is 0 Å². The van der Waals surface area contributed by atoms with Crippen LogP contribution < -0.4 is 5.32 Å². The van der Waals surface area contributed by atoms with Gasteiger partial charge in [-0.25, -0.2) is 4.39 Å². The van der Waals surface area contributed by atoms with Gasteiger partial charge in [-0.3, -0.25) is 9.69 Å². The number of nitrogens with one attached hydrogen (secondary N) is 1. The number of hydrogen-bond acceptors (Lipinski definition) is 5. The smallest absolute Gasteiger partial charge is 0.154 e.